The van der Waals surface area contributed by atoms with Crippen molar-refractivity contribution in [3.63, 3.8) is 0 Å². The first-order chi connectivity index (χ1) is 9.57. The molecule has 1 aliphatic rings. The zero-order chi connectivity index (χ0) is 16.0. The van der Waals surface area contributed by atoms with Crippen LogP contribution in [0.1, 0.15) is 29.9 Å². The number of anilines is 2. The lowest BCUT2D eigenvalue weighted by atomic mass is 9.93. The fourth-order valence-corrected chi connectivity index (χ4v) is 5.23. The molecule has 1 aliphatic heterocycles. The van der Waals surface area contributed by atoms with Crippen molar-refractivity contribution in [3.8, 4) is 0 Å². The lowest BCUT2D eigenvalue weighted by Crippen LogP contribution is -2.23. The molecule has 0 aromatic carbocycles. The van der Waals surface area contributed by atoms with Crippen LogP contribution in [0.4, 0.5) is 10.7 Å². The summed E-state index contributed by atoms with van der Waals surface area (Å²) in [6.07, 6.45) is 2.10. The standard InChI is InChI=1S/C13H21N3O3S2/c1-13(2)5-6-16(7-13)12-10(21(4,18)19)8(14)9(20-12)11(17)15-3/h5-7,14H2,1-4H3,(H,15,17). The Morgan fingerprint density at radius 1 is 1.43 bits per heavy atom. The fraction of sp³-hybridized carbons (Fsp3) is 0.615. The molecule has 0 bridgehead atoms. The summed E-state index contributed by atoms with van der Waals surface area (Å²) in [6, 6.07) is 0. The Balaban J connectivity index is 2.58. The maximum absolute atomic E-state index is 12.1. The van der Waals surface area contributed by atoms with Crippen molar-refractivity contribution in [1.82, 2.24) is 5.32 Å². The Labute approximate surface area is 129 Å². The molecule has 8 heteroatoms. The summed E-state index contributed by atoms with van der Waals surface area (Å²) in [5.74, 6) is -0.355. The van der Waals surface area contributed by atoms with Gasteiger partial charge in [0.15, 0.2) is 9.84 Å². The van der Waals surface area contributed by atoms with Crippen LogP contribution in [0.3, 0.4) is 0 Å². The van der Waals surface area contributed by atoms with Crippen LogP contribution < -0.4 is 16.0 Å². The number of nitrogen functional groups attached to an aromatic ring is 1. The van der Waals surface area contributed by atoms with Crippen molar-refractivity contribution < 1.29 is 13.2 Å². The van der Waals surface area contributed by atoms with Crippen LogP contribution in [-0.4, -0.2) is 40.7 Å². The SMILES string of the molecule is CNC(=O)c1sc(N2CCC(C)(C)C2)c(S(C)(=O)=O)c1N. The molecule has 1 aromatic rings. The van der Waals surface area contributed by atoms with E-state index < -0.39 is 9.84 Å². The van der Waals surface area contributed by atoms with Crippen molar-refractivity contribution in [2.45, 2.75) is 25.2 Å². The first kappa shape index (κ1) is 16.1. The van der Waals surface area contributed by atoms with Gasteiger partial charge in [0.1, 0.15) is 14.8 Å². The van der Waals surface area contributed by atoms with Crippen LogP contribution in [-0.2, 0) is 9.84 Å². The van der Waals surface area contributed by atoms with Gasteiger partial charge in [-0.05, 0) is 11.8 Å². The molecule has 3 N–H and O–H groups in total. The van der Waals surface area contributed by atoms with Gasteiger partial charge in [-0.15, -0.1) is 11.3 Å². The number of rotatable bonds is 3. The highest BCUT2D eigenvalue weighted by molar-refractivity contribution is 7.91. The van der Waals surface area contributed by atoms with E-state index in [1.165, 1.54) is 7.05 Å². The van der Waals surface area contributed by atoms with E-state index in [0.717, 1.165) is 37.1 Å². The molecule has 0 saturated carbocycles. The van der Waals surface area contributed by atoms with E-state index in [4.69, 9.17) is 5.73 Å². The summed E-state index contributed by atoms with van der Waals surface area (Å²) in [5.41, 5.74) is 6.13. The molecule has 0 unspecified atom stereocenters. The largest absolute Gasteiger partial charge is 0.396 e. The molecule has 0 aliphatic carbocycles. The number of carbonyl (C=O) groups is 1. The van der Waals surface area contributed by atoms with Gasteiger partial charge in [0, 0.05) is 26.4 Å². The Kier molecular flexibility index (Phi) is 3.96. The summed E-state index contributed by atoms with van der Waals surface area (Å²) in [4.78, 5) is 14.2. The van der Waals surface area contributed by atoms with Crippen LogP contribution in [0.15, 0.2) is 4.90 Å². The second-order valence-electron chi connectivity index (χ2n) is 6.17. The summed E-state index contributed by atoms with van der Waals surface area (Å²) in [7, 11) is -2.00. The zero-order valence-corrected chi connectivity index (χ0v) is 14.3. The second-order valence-corrected chi connectivity index (χ2v) is 9.12. The molecule has 6 nitrogen and oxygen atoms in total. The monoisotopic (exact) mass is 331 g/mol. The number of nitrogens with one attached hydrogen (secondary N) is 1. The number of nitrogens with two attached hydrogens (primary N) is 1. The normalized spacial score (nSPS) is 18.0. The predicted octanol–water partition coefficient (Wildman–Crippen LogP) is 1.33. The third-order valence-electron chi connectivity index (χ3n) is 3.65. The lowest BCUT2D eigenvalue weighted by molar-refractivity contribution is 0.0968. The van der Waals surface area contributed by atoms with Gasteiger partial charge in [-0.2, -0.15) is 0 Å². The highest BCUT2D eigenvalue weighted by Crippen LogP contribution is 2.44. The minimum Gasteiger partial charge on any atom is -0.396 e. The maximum atomic E-state index is 12.1. The first-order valence-electron chi connectivity index (χ1n) is 6.66. The van der Waals surface area contributed by atoms with E-state index in [2.05, 4.69) is 19.2 Å². The number of sulfone groups is 1. The van der Waals surface area contributed by atoms with Crippen molar-refractivity contribution in [1.29, 1.82) is 0 Å². The zero-order valence-electron chi connectivity index (χ0n) is 12.7. The van der Waals surface area contributed by atoms with E-state index in [0.29, 0.717) is 5.00 Å². The molecule has 1 fully saturated rings. The maximum Gasteiger partial charge on any atom is 0.263 e. The number of amides is 1. The number of hydrogen-bond acceptors (Lipinski definition) is 6. The third-order valence-corrected chi connectivity index (χ3v) is 6.20. The van der Waals surface area contributed by atoms with Gasteiger partial charge in [0.05, 0.1) is 5.69 Å². The average Bonchev–Trinajstić information content (AvgIpc) is 2.87. The molecule has 1 amide bonds. The first-order valence-corrected chi connectivity index (χ1v) is 9.37. The Morgan fingerprint density at radius 2 is 2.05 bits per heavy atom. The molecule has 118 valence electrons. The summed E-state index contributed by atoms with van der Waals surface area (Å²) in [6.45, 7) is 5.80. The molecule has 2 rings (SSSR count). The number of carbonyl (C=O) groups excluding carboxylic acids is 1. The van der Waals surface area contributed by atoms with Gasteiger partial charge >= 0.3 is 0 Å². The molecule has 1 saturated heterocycles. The number of thiophene rings is 1. The fourth-order valence-electron chi connectivity index (χ4n) is 2.55. The Hall–Kier alpha value is -1.28. The van der Waals surface area contributed by atoms with Gasteiger partial charge in [-0.3, -0.25) is 4.79 Å². The van der Waals surface area contributed by atoms with Crippen LogP contribution in [0.25, 0.3) is 0 Å². The van der Waals surface area contributed by atoms with Crippen molar-refractivity contribution in [2.75, 3.05) is 37.0 Å². The molecule has 0 atom stereocenters. The summed E-state index contributed by atoms with van der Waals surface area (Å²) in [5, 5.41) is 3.08. The van der Waals surface area contributed by atoms with Gasteiger partial charge < -0.3 is 16.0 Å². The summed E-state index contributed by atoms with van der Waals surface area (Å²) < 4.78 is 24.2. The topological polar surface area (TPSA) is 92.5 Å². The molecule has 21 heavy (non-hydrogen) atoms. The minimum atomic E-state index is -3.50. The minimum absolute atomic E-state index is 0.0570. The molecule has 0 radical (unpaired) electrons. The number of nitrogens with zero attached hydrogens (tertiary/aromatic N) is 1. The van der Waals surface area contributed by atoms with E-state index in [1.54, 1.807) is 0 Å². The Morgan fingerprint density at radius 3 is 2.48 bits per heavy atom. The van der Waals surface area contributed by atoms with Gasteiger partial charge in [-0.1, -0.05) is 13.8 Å². The summed E-state index contributed by atoms with van der Waals surface area (Å²) >= 11 is 1.15. The predicted molar refractivity (Wildman–Crippen MR) is 85.8 cm³/mol. The van der Waals surface area contributed by atoms with E-state index in [-0.39, 0.29) is 26.8 Å². The number of hydrogen-bond donors (Lipinski definition) is 2. The highest BCUT2D eigenvalue weighted by atomic mass is 32.2. The molecule has 1 aromatic heterocycles. The van der Waals surface area contributed by atoms with E-state index in [1.807, 2.05) is 4.90 Å². The molecule has 2 heterocycles. The van der Waals surface area contributed by atoms with Crippen LogP contribution in [0.5, 0.6) is 0 Å². The van der Waals surface area contributed by atoms with E-state index >= 15 is 0 Å². The van der Waals surface area contributed by atoms with Crippen molar-refractivity contribution >= 4 is 37.8 Å². The van der Waals surface area contributed by atoms with Gasteiger partial charge in [0.2, 0.25) is 0 Å². The van der Waals surface area contributed by atoms with Crippen LogP contribution in [0, 0.1) is 5.41 Å². The molecular weight excluding hydrogens is 310 g/mol. The van der Waals surface area contributed by atoms with E-state index in [9.17, 15) is 13.2 Å². The van der Waals surface area contributed by atoms with Crippen LogP contribution in [0.2, 0.25) is 0 Å². The van der Waals surface area contributed by atoms with Crippen LogP contribution >= 0.6 is 11.3 Å². The average molecular weight is 331 g/mol. The lowest BCUT2D eigenvalue weighted by Gasteiger charge is -2.21. The van der Waals surface area contributed by atoms with Gasteiger partial charge in [-0.25, -0.2) is 8.42 Å². The second kappa shape index (κ2) is 5.17. The smallest absolute Gasteiger partial charge is 0.263 e. The Bertz CT molecular complexity index is 677. The molecule has 0 spiro atoms. The quantitative estimate of drug-likeness (QED) is 0.872. The van der Waals surface area contributed by atoms with Crippen molar-refractivity contribution in [3.05, 3.63) is 4.88 Å². The third kappa shape index (κ3) is 3.01. The van der Waals surface area contributed by atoms with Gasteiger partial charge in [0.25, 0.3) is 5.91 Å². The molecular formula is C13H21N3O3S2. The van der Waals surface area contributed by atoms with Crippen molar-refractivity contribution in [2.24, 2.45) is 5.41 Å². The highest BCUT2D eigenvalue weighted by Gasteiger charge is 2.35.